The van der Waals surface area contributed by atoms with Gasteiger partial charge in [0.05, 0.1) is 0 Å². The van der Waals surface area contributed by atoms with Gasteiger partial charge < -0.3 is 5.32 Å². The SMILES string of the molecule is CNCc1cccnc1-n1cnc(C#N)c1C#N. The van der Waals surface area contributed by atoms with Crippen molar-refractivity contribution < 1.29 is 0 Å². The third kappa shape index (κ3) is 1.93. The fourth-order valence-corrected chi connectivity index (χ4v) is 1.67. The van der Waals surface area contributed by atoms with Crippen LogP contribution >= 0.6 is 0 Å². The minimum atomic E-state index is 0.110. The summed E-state index contributed by atoms with van der Waals surface area (Å²) in [4.78, 5) is 8.15. The molecule has 18 heavy (non-hydrogen) atoms. The van der Waals surface area contributed by atoms with Gasteiger partial charge >= 0.3 is 0 Å². The second-order valence-corrected chi connectivity index (χ2v) is 3.55. The average molecular weight is 238 g/mol. The molecule has 0 saturated heterocycles. The van der Waals surface area contributed by atoms with Gasteiger partial charge in [-0.3, -0.25) is 4.57 Å². The summed E-state index contributed by atoms with van der Waals surface area (Å²) in [6, 6.07) is 7.60. The Morgan fingerprint density at radius 3 is 2.83 bits per heavy atom. The number of rotatable bonds is 3. The first-order chi connectivity index (χ1) is 8.81. The van der Waals surface area contributed by atoms with Crippen molar-refractivity contribution >= 4 is 0 Å². The molecule has 0 bridgehead atoms. The molecule has 2 aromatic heterocycles. The van der Waals surface area contributed by atoms with E-state index in [4.69, 9.17) is 10.5 Å². The van der Waals surface area contributed by atoms with Gasteiger partial charge in [-0.15, -0.1) is 0 Å². The van der Waals surface area contributed by atoms with Crippen molar-refractivity contribution in [1.29, 1.82) is 10.5 Å². The largest absolute Gasteiger partial charge is 0.316 e. The Balaban J connectivity index is 2.60. The Kier molecular flexibility index (Phi) is 3.33. The molecule has 0 aromatic carbocycles. The molecule has 2 rings (SSSR count). The van der Waals surface area contributed by atoms with Crippen LogP contribution < -0.4 is 5.32 Å². The molecule has 0 aliphatic carbocycles. The standard InChI is InChI=1S/C12H10N6/c1-15-7-9-3-2-4-16-12(9)18-8-17-10(5-13)11(18)6-14/h2-4,8,15H,7H2,1H3. The summed E-state index contributed by atoms with van der Waals surface area (Å²) in [6.45, 7) is 0.619. The molecule has 88 valence electrons. The normalized spacial score (nSPS) is 9.72. The maximum atomic E-state index is 9.10. The summed E-state index contributed by atoms with van der Waals surface area (Å²) in [5.74, 6) is 0.609. The van der Waals surface area contributed by atoms with Crippen molar-refractivity contribution in [2.45, 2.75) is 6.54 Å². The Bertz CT molecular complexity index is 643. The quantitative estimate of drug-likeness (QED) is 0.851. The van der Waals surface area contributed by atoms with Crippen molar-refractivity contribution in [2.75, 3.05) is 7.05 Å². The van der Waals surface area contributed by atoms with E-state index in [1.54, 1.807) is 6.20 Å². The molecule has 0 spiro atoms. The highest BCUT2D eigenvalue weighted by Gasteiger charge is 2.14. The summed E-state index contributed by atoms with van der Waals surface area (Å²) < 4.78 is 1.53. The fraction of sp³-hybridized carbons (Fsp3) is 0.167. The first-order valence-electron chi connectivity index (χ1n) is 5.28. The van der Waals surface area contributed by atoms with Gasteiger partial charge in [-0.2, -0.15) is 10.5 Å². The molecule has 0 aliphatic rings. The summed E-state index contributed by atoms with van der Waals surface area (Å²) >= 11 is 0. The first-order valence-corrected chi connectivity index (χ1v) is 5.28. The van der Waals surface area contributed by atoms with E-state index in [0.29, 0.717) is 12.4 Å². The van der Waals surface area contributed by atoms with E-state index in [-0.39, 0.29) is 11.4 Å². The van der Waals surface area contributed by atoms with Crippen LogP contribution in [0.1, 0.15) is 17.0 Å². The first kappa shape index (κ1) is 11.8. The van der Waals surface area contributed by atoms with Crippen LogP contribution in [0, 0.1) is 22.7 Å². The second kappa shape index (κ2) is 5.09. The molecule has 2 heterocycles. The lowest BCUT2D eigenvalue weighted by Gasteiger charge is -2.08. The molecular formula is C12H10N6. The van der Waals surface area contributed by atoms with E-state index in [1.165, 1.54) is 10.9 Å². The lowest BCUT2D eigenvalue weighted by Crippen LogP contribution is -2.11. The van der Waals surface area contributed by atoms with Gasteiger partial charge in [-0.1, -0.05) is 6.07 Å². The molecule has 0 aliphatic heterocycles. The number of nitrogens with zero attached hydrogens (tertiary/aromatic N) is 5. The van der Waals surface area contributed by atoms with Crippen LogP contribution in [0.15, 0.2) is 24.7 Å². The molecule has 0 saturated carbocycles. The van der Waals surface area contributed by atoms with Crippen LogP contribution in [0.25, 0.3) is 5.82 Å². The highest BCUT2D eigenvalue weighted by atomic mass is 15.1. The van der Waals surface area contributed by atoms with Gasteiger partial charge in [0, 0.05) is 18.3 Å². The number of hydrogen-bond donors (Lipinski definition) is 1. The molecule has 0 amide bonds. The van der Waals surface area contributed by atoms with Crippen molar-refractivity contribution in [1.82, 2.24) is 19.9 Å². The molecule has 1 N–H and O–H groups in total. The van der Waals surface area contributed by atoms with E-state index in [2.05, 4.69) is 15.3 Å². The molecule has 0 atom stereocenters. The Hall–Kier alpha value is -2.70. The number of imidazole rings is 1. The Morgan fingerprint density at radius 2 is 2.17 bits per heavy atom. The summed E-state index contributed by atoms with van der Waals surface area (Å²) in [7, 11) is 1.83. The van der Waals surface area contributed by atoms with Crippen LogP contribution in [0.3, 0.4) is 0 Å². The highest BCUT2D eigenvalue weighted by molar-refractivity contribution is 5.44. The van der Waals surface area contributed by atoms with Crippen LogP contribution in [0.2, 0.25) is 0 Å². The fourth-order valence-electron chi connectivity index (χ4n) is 1.67. The van der Waals surface area contributed by atoms with Gasteiger partial charge in [0.15, 0.2) is 11.4 Å². The van der Waals surface area contributed by atoms with Gasteiger partial charge in [0.1, 0.15) is 24.3 Å². The predicted molar refractivity (Wildman–Crippen MR) is 63.6 cm³/mol. The zero-order valence-corrected chi connectivity index (χ0v) is 9.75. The zero-order chi connectivity index (χ0) is 13.0. The monoisotopic (exact) mass is 238 g/mol. The number of nitriles is 2. The number of aromatic nitrogens is 3. The minimum Gasteiger partial charge on any atom is -0.316 e. The molecule has 0 unspecified atom stereocenters. The van der Waals surface area contributed by atoms with E-state index < -0.39 is 0 Å². The van der Waals surface area contributed by atoms with E-state index in [9.17, 15) is 0 Å². The third-order valence-electron chi connectivity index (χ3n) is 2.44. The van der Waals surface area contributed by atoms with Gasteiger partial charge in [-0.05, 0) is 13.1 Å². The topological polar surface area (TPSA) is 90.3 Å². The number of pyridine rings is 1. The van der Waals surface area contributed by atoms with E-state index in [1.807, 2.05) is 31.3 Å². The lowest BCUT2D eigenvalue weighted by atomic mass is 10.2. The molecule has 0 fully saturated rings. The summed E-state index contributed by atoms with van der Waals surface area (Å²) in [5, 5.41) is 21.0. The summed E-state index contributed by atoms with van der Waals surface area (Å²) in [6.07, 6.45) is 3.08. The van der Waals surface area contributed by atoms with E-state index >= 15 is 0 Å². The number of nitrogens with one attached hydrogen (secondary N) is 1. The lowest BCUT2D eigenvalue weighted by molar-refractivity contribution is 0.796. The molecule has 2 aromatic rings. The van der Waals surface area contributed by atoms with Crippen LogP contribution in [-0.2, 0) is 6.54 Å². The van der Waals surface area contributed by atoms with Crippen molar-refractivity contribution in [2.24, 2.45) is 0 Å². The Morgan fingerprint density at radius 1 is 1.33 bits per heavy atom. The van der Waals surface area contributed by atoms with Gasteiger partial charge in [0.25, 0.3) is 0 Å². The zero-order valence-electron chi connectivity index (χ0n) is 9.75. The molecule has 0 radical (unpaired) electrons. The highest BCUT2D eigenvalue weighted by Crippen LogP contribution is 2.15. The van der Waals surface area contributed by atoms with Crippen LogP contribution in [0.5, 0.6) is 0 Å². The van der Waals surface area contributed by atoms with E-state index in [0.717, 1.165) is 5.56 Å². The maximum Gasteiger partial charge on any atom is 0.177 e. The molecule has 6 heteroatoms. The smallest absolute Gasteiger partial charge is 0.177 e. The average Bonchev–Trinajstić information content (AvgIpc) is 2.82. The van der Waals surface area contributed by atoms with Gasteiger partial charge in [0.2, 0.25) is 0 Å². The van der Waals surface area contributed by atoms with Crippen LogP contribution in [0.4, 0.5) is 0 Å². The van der Waals surface area contributed by atoms with Crippen molar-refractivity contribution in [3.63, 3.8) is 0 Å². The van der Waals surface area contributed by atoms with Gasteiger partial charge in [-0.25, -0.2) is 9.97 Å². The maximum absolute atomic E-state index is 9.10. The molecular weight excluding hydrogens is 228 g/mol. The minimum absolute atomic E-state index is 0.110. The van der Waals surface area contributed by atoms with Crippen molar-refractivity contribution in [3.8, 4) is 18.0 Å². The third-order valence-corrected chi connectivity index (χ3v) is 2.44. The second-order valence-electron chi connectivity index (χ2n) is 3.55. The Labute approximate surface area is 104 Å². The predicted octanol–water partition coefficient (Wildman–Crippen LogP) is 0.730. The number of hydrogen-bond acceptors (Lipinski definition) is 5. The van der Waals surface area contributed by atoms with Crippen LogP contribution in [-0.4, -0.2) is 21.6 Å². The van der Waals surface area contributed by atoms with Crippen molar-refractivity contribution in [3.05, 3.63) is 41.6 Å². The summed E-state index contributed by atoms with van der Waals surface area (Å²) in [5.41, 5.74) is 1.24. The molecule has 6 nitrogen and oxygen atoms in total.